The van der Waals surface area contributed by atoms with Crippen molar-refractivity contribution in [2.75, 3.05) is 19.0 Å². The number of nitrogens with zero attached hydrogens (tertiary/aromatic N) is 1. The van der Waals surface area contributed by atoms with Crippen LogP contribution in [0.4, 0.5) is 5.69 Å². The van der Waals surface area contributed by atoms with Gasteiger partial charge in [-0.2, -0.15) is 4.31 Å². The molecule has 27 heavy (non-hydrogen) atoms. The van der Waals surface area contributed by atoms with Gasteiger partial charge < -0.3 is 10.1 Å². The molecule has 0 aromatic heterocycles. The number of rotatable bonds is 5. The number of ether oxygens (including phenoxy) is 1. The molecule has 6 nitrogen and oxygen atoms in total. The highest BCUT2D eigenvalue weighted by atomic mass is 32.2. The third-order valence-electron chi connectivity index (χ3n) is 4.77. The van der Waals surface area contributed by atoms with E-state index < -0.39 is 16.1 Å². The van der Waals surface area contributed by atoms with E-state index in [1.807, 2.05) is 25.1 Å². The monoisotopic (exact) mass is 388 g/mol. The number of hydrogen-bond acceptors (Lipinski definition) is 4. The first kappa shape index (κ1) is 19.4. The Morgan fingerprint density at radius 2 is 1.96 bits per heavy atom. The normalized spacial score (nSPS) is 17.7. The Kier molecular flexibility index (Phi) is 5.53. The first-order chi connectivity index (χ1) is 12.8. The fourth-order valence-corrected chi connectivity index (χ4v) is 5.25. The van der Waals surface area contributed by atoms with Crippen molar-refractivity contribution in [2.45, 2.75) is 37.6 Å². The van der Waals surface area contributed by atoms with E-state index in [1.165, 1.54) is 17.5 Å². The molecule has 7 heteroatoms. The Labute approximate surface area is 160 Å². The average molecular weight is 388 g/mol. The van der Waals surface area contributed by atoms with Crippen LogP contribution in [0, 0.1) is 13.8 Å². The van der Waals surface area contributed by atoms with Crippen LogP contribution in [0.2, 0.25) is 0 Å². The van der Waals surface area contributed by atoms with Crippen molar-refractivity contribution in [3.05, 3.63) is 53.6 Å². The van der Waals surface area contributed by atoms with E-state index in [-0.39, 0.29) is 10.8 Å². The molecule has 1 amide bonds. The minimum absolute atomic E-state index is 0.178. The molecule has 1 aliphatic rings. The first-order valence-corrected chi connectivity index (χ1v) is 10.3. The highest BCUT2D eigenvalue weighted by Crippen LogP contribution is 2.30. The lowest BCUT2D eigenvalue weighted by Gasteiger charge is -2.24. The van der Waals surface area contributed by atoms with Gasteiger partial charge in [0.05, 0.1) is 12.0 Å². The van der Waals surface area contributed by atoms with Gasteiger partial charge in [-0.05, 0) is 56.0 Å². The van der Waals surface area contributed by atoms with E-state index in [0.29, 0.717) is 36.4 Å². The van der Waals surface area contributed by atoms with Crippen molar-refractivity contribution < 1.29 is 17.9 Å². The molecule has 1 fully saturated rings. The number of carbonyl (C=O) groups excluding carboxylic acids is 1. The van der Waals surface area contributed by atoms with Crippen LogP contribution in [0.25, 0.3) is 0 Å². The topological polar surface area (TPSA) is 75.7 Å². The quantitative estimate of drug-likeness (QED) is 0.854. The first-order valence-electron chi connectivity index (χ1n) is 8.87. The number of benzene rings is 2. The summed E-state index contributed by atoms with van der Waals surface area (Å²) in [4.78, 5) is 13.0. The molecule has 1 heterocycles. The van der Waals surface area contributed by atoms with E-state index in [9.17, 15) is 13.2 Å². The zero-order valence-electron chi connectivity index (χ0n) is 15.7. The molecule has 0 radical (unpaired) electrons. The number of hydrogen-bond donors (Lipinski definition) is 1. The molecule has 0 aliphatic carbocycles. The number of nitrogens with one attached hydrogen (secondary N) is 1. The molecule has 0 unspecified atom stereocenters. The highest BCUT2D eigenvalue weighted by molar-refractivity contribution is 7.89. The molecule has 144 valence electrons. The van der Waals surface area contributed by atoms with E-state index in [4.69, 9.17) is 4.74 Å². The fraction of sp³-hybridized carbons (Fsp3) is 0.350. The van der Waals surface area contributed by atoms with Crippen molar-refractivity contribution in [3.63, 3.8) is 0 Å². The smallest absolute Gasteiger partial charge is 0.244 e. The molecule has 1 N–H and O–H groups in total. The van der Waals surface area contributed by atoms with E-state index in [2.05, 4.69) is 5.32 Å². The number of sulfonamides is 1. The molecule has 0 bridgehead atoms. The standard InChI is InChI=1S/C20H24N2O4S/c1-14-6-4-7-16(12-14)21-20(23)18-8-5-11-22(18)27(24,25)19-13-17(26-3)10-9-15(19)2/h4,6-7,9-10,12-13,18H,5,8,11H2,1-3H3,(H,21,23)/t18-/m0/s1. The molecule has 2 aromatic rings. The minimum Gasteiger partial charge on any atom is -0.497 e. The summed E-state index contributed by atoms with van der Waals surface area (Å²) in [5.41, 5.74) is 2.32. The summed E-state index contributed by atoms with van der Waals surface area (Å²) in [6.45, 7) is 4.00. The van der Waals surface area contributed by atoms with Crippen LogP contribution in [-0.4, -0.2) is 38.3 Å². The lowest BCUT2D eigenvalue weighted by molar-refractivity contribution is -0.119. The van der Waals surface area contributed by atoms with Gasteiger partial charge in [-0.15, -0.1) is 0 Å². The Hall–Kier alpha value is -2.38. The van der Waals surface area contributed by atoms with Crippen LogP contribution in [0.1, 0.15) is 24.0 Å². The van der Waals surface area contributed by atoms with Crippen LogP contribution < -0.4 is 10.1 Å². The van der Waals surface area contributed by atoms with Gasteiger partial charge in [-0.3, -0.25) is 4.79 Å². The Morgan fingerprint density at radius 1 is 1.19 bits per heavy atom. The molecule has 0 spiro atoms. The van der Waals surface area contributed by atoms with E-state index in [1.54, 1.807) is 25.1 Å². The maximum absolute atomic E-state index is 13.2. The van der Waals surface area contributed by atoms with Gasteiger partial charge in [0.2, 0.25) is 15.9 Å². The van der Waals surface area contributed by atoms with Crippen LogP contribution in [0.3, 0.4) is 0 Å². The highest BCUT2D eigenvalue weighted by Gasteiger charge is 2.40. The van der Waals surface area contributed by atoms with Gasteiger partial charge >= 0.3 is 0 Å². The molecule has 3 rings (SSSR count). The van der Waals surface area contributed by atoms with Crippen LogP contribution >= 0.6 is 0 Å². The summed E-state index contributed by atoms with van der Waals surface area (Å²) >= 11 is 0. The van der Waals surface area contributed by atoms with E-state index >= 15 is 0 Å². The zero-order valence-corrected chi connectivity index (χ0v) is 16.5. The summed E-state index contributed by atoms with van der Waals surface area (Å²) in [5.74, 6) is 0.168. The van der Waals surface area contributed by atoms with Crippen molar-refractivity contribution >= 4 is 21.6 Å². The lowest BCUT2D eigenvalue weighted by atomic mass is 10.2. The van der Waals surface area contributed by atoms with Crippen molar-refractivity contribution in [2.24, 2.45) is 0 Å². The number of methoxy groups -OCH3 is 1. The van der Waals surface area contributed by atoms with Gasteiger partial charge in [0.15, 0.2) is 0 Å². The third kappa shape index (κ3) is 3.99. The van der Waals surface area contributed by atoms with Gasteiger partial charge in [0, 0.05) is 18.3 Å². The summed E-state index contributed by atoms with van der Waals surface area (Å²) in [6, 6.07) is 11.7. The third-order valence-corrected chi connectivity index (χ3v) is 6.82. The second-order valence-electron chi connectivity index (χ2n) is 6.76. The fourth-order valence-electron chi connectivity index (χ4n) is 3.35. The second-order valence-corrected chi connectivity index (χ2v) is 8.62. The van der Waals surface area contributed by atoms with Gasteiger partial charge in [0.1, 0.15) is 11.8 Å². The van der Waals surface area contributed by atoms with Gasteiger partial charge in [-0.1, -0.05) is 18.2 Å². The molecular weight excluding hydrogens is 364 g/mol. The largest absolute Gasteiger partial charge is 0.497 e. The van der Waals surface area contributed by atoms with Crippen molar-refractivity contribution in [1.82, 2.24) is 4.31 Å². The summed E-state index contributed by atoms with van der Waals surface area (Å²) < 4.78 is 32.9. The molecular formula is C20H24N2O4S. The Morgan fingerprint density at radius 3 is 2.67 bits per heavy atom. The predicted octanol–water partition coefficient (Wildman–Crippen LogP) is 3.10. The second kappa shape index (κ2) is 7.70. The molecule has 0 saturated carbocycles. The van der Waals surface area contributed by atoms with Crippen LogP contribution in [-0.2, 0) is 14.8 Å². The Bertz CT molecular complexity index is 956. The molecule has 2 aromatic carbocycles. The number of carbonyl (C=O) groups is 1. The maximum Gasteiger partial charge on any atom is 0.244 e. The number of aryl methyl sites for hydroxylation is 2. The molecule has 1 saturated heterocycles. The Balaban J connectivity index is 1.88. The van der Waals surface area contributed by atoms with Gasteiger partial charge in [-0.25, -0.2) is 8.42 Å². The number of anilines is 1. The van der Waals surface area contributed by atoms with Gasteiger partial charge in [0.25, 0.3) is 0 Å². The van der Waals surface area contributed by atoms with Crippen LogP contribution in [0.15, 0.2) is 47.4 Å². The summed E-state index contributed by atoms with van der Waals surface area (Å²) in [7, 11) is -2.31. The minimum atomic E-state index is -3.80. The average Bonchev–Trinajstić information content (AvgIpc) is 3.13. The van der Waals surface area contributed by atoms with Crippen molar-refractivity contribution in [3.8, 4) is 5.75 Å². The summed E-state index contributed by atoms with van der Waals surface area (Å²) in [6.07, 6.45) is 1.15. The summed E-state index contributed by atoms with van der Waals surface area (Å²) in [5, 5.41) is 2.85. The maximum atomic E-state index is 13.2. The SMILES string of the molecule is COc1ccc(C)c(S(=O)(=O)N2CCC[C@H]2C(=O)Nc2cccc(C)c2)c1. The lowest BCUT2D eigenvalue weighted by Crippen LogP contribution is -2.43. The van der Waals surface area contributed by atoms with Crippen molar-refractivity contribution in [1.29, 1.82) is 0 Å². The zero-order chi connectivity index (χ0) is 19.6. The molecule has 1 atom stereocenters. The predicted molar refractivity (Wildman–Crippen MR) is 104 cm³/mol. The van der Waals surface area contributed by atoms with E-state index in [0.717, 1.165) is 5.56 Å². The van der Waals surface area contributed by atoms with Crippen LogP contribution in [0.5, 0.6) is 5.75 Å². The molecule has 1 aliphatic heterocycles. The number of amides is 1.